The topological polar surface area (TPSA) is 39.1 Å². The van der Waals surface area contributed by atoms with Gasteiger partial charge in [-0.25, -0.2) is 0 Å². The minimum atomic E-state index is -1.12. The molecule has 0 unspecified atom stereocenters. The summed E-state index contributed by atoms with van der Waals surface area (Å²) in [6.07, 6.45) is 3.25. The number of rotatable bonds is 4. The van der Waals surface area contributed by atoms with Crippen molar-refractivity contribution in [2.24, 2.45) is 7.05 Å². The van der Waals surface area contributed by atoms with E-state index in [1.807, 2.05) is 24.3 Å². The van der Waals surface area contributed by atoms with Crippen LogP contribution in [0.25, 0.3) is 11.1 Å². The summed E-state index contributed by atoms with van der Waals surface area (Å²) < 4.78 is 1.06. The minimum absolute atomic E-state index is 0.0997. The lowest BCUT2D eigenvalue weighted by atomic mass is 10.0. The second-order valence-corrected chi connectivity index (χ2v) is 12.4. The van der Waals surface area contributed by atoms with Crippen LogP contribution in [0.3, 0.4) is 0 Å². The zero-order valence-electron chi connectivity index (χ0n) is 11.7. The van der Waals surface area contributed by atoms with Gasteiger partial charge in [0.2, 0.25) is 0 Å². The van der Waals surface area contributed by atoms with Crippen LogP contribution in [0, 0.1) is 0 Å². The third kappa shape index (κ3) is 4.26. The lowest BCUT2D eigenvalue weighted by Crippen LogP contribution is -2.35. The van der Waals surface area contributed by atoms with E-state index in [0.717, 1.165) is 10.0 Å². The summed E-state index contributed by atoms with van der Waals surface area (Å²) in [5, 5.41) is 0. The Labute approximate surface area is 175 Å². The van der Waals surface area contributed by atoms with E-state index in [1.54, 1.807) is 17.8 Å². The fourth-order valence-corrected chi connectivity index (χ4v) is 3.25. The van der Waals surface area contributed by atoms with Crippen LogP contribution in [0.2, 0.25) is 0 Å². The molecule has 0 aliphatic rings. The molecule has 1 heterocycles. The lowest BCUT2D eigenvalue weighted by Gasteiger charge is -2.21. The van der Waals surface area contributed by atoms with Gasteiger partial charge in [0.05, 0.1) is 5.56 Å². The summed E-state index contributed by atoms with van der Waals surface area (Å²) >= 11 is 16.6. The van der Waals surface area contributed by atoms with Crippen LogP contribution in [0.4, 0.5) is 0 Å². The Hall–Kier alpha value is 0.240. The molecule has 0 fully saturated rings. The number of carbonyl (C=O) groups excluding carboxylic acids is 1. The average molecular weight is 636 g/mol. The second-order valence-electron chi connectivity index (χ2n) is 4.84. The van der Waals surface area contributed by atoms with Gasteiger partial charge in [0.1, 0.15) is 3.74 Å². The van der Waals surface area contributed by atoms with Gasteiger partial charge in [-0.05, 0) is 17.7 Å². The molecular formula is C15H10Br5NO2. The van der Waals surface area contributed by atoms with Crippen molar-refractivity contribution in [3.8, 4) is 11.1 Å². The number of alkyl halides is 4. The number of hydrogen-bond acceptors (Lipinski definition) is 2. The first-order chi connectivity index (χ1) is 10.6. The number of benzene rings is 1. The summed E-state index contributed by atoms with van der Waals surface area (Å²) in [7, 11) is 1.78. The van der Waals surface area contributed by atoms with E-state index < -0.39 is 6.97 Å². The highest BCUT2D eigenvalue weighted by atomic mass is 79.9. The van der Waals surface area contributed by atoms with E-state index >= 15 is 0 Å². The van der Waals surface area contributed by atoms with Crippen molar-refractivity contribution >= 4 is 85.4 Å². The van der Waals surface area contributed by atoms with Gasteiger partial charge < -0.3 is 4.57 Å². The molecule has 8 heteroatoms. The summed E-state index contributed by atoms with van der Waals surface area (Å²) in [6.45, 7) is 0. The number of Topliss-reactive ketones (excluding diaryl/α,β-unsaturated/α-hetero) is 1. The maximum absolute atomic E-state index is 12.8. The summed E-state index contributed by atoms with van der Waals surface area (Å²) in [4.78, 5) is 25.6. The lowest BCUT2D eigenvalue weighted by molar-refractivity contribution is 0.0986. The molecule has 2 rings (SSSR count). The Morgan fingerprint density at radius 2 is 1.87 bits per heavy atom. The molecule has 0 atom stereocenters. The Bertz CT molecular complexity index is 814. The number of carbonyl (C=O) groups is 1. The van der Waals surface area contributed by atoms with Gasteiger partial charge in [-0.3, -0.25) is 9.59 Å². The molecule has 0 aliphatic heterocycles. The predicted octanol–water partition coefficient (Wildman–Crippen LogP) is 5.60. The fraction of sp³-hybridized carbons (Fsp3) is 0.200. The Kier molecular flexibility index (Phi) is 6.50. The maximum atomic E-state index is 12.8. The summed E-state index contributed by atoms with van der Waals surface area (Å²) in [5.41, 5.74) is 1.01. The summed E-state index contributed by atoms with van der Waals surface area (Å²) in [6, 6.07) is 7.41. The highest BCUT2D eigenvalue weighted by Gasteiger charge is 2.40. The van der Waals surface area contributed by atoms with Gasteiger partial charge >= 0.3 is 0 Å². The predicted molar refractivity (Wildman–Crippen MR) is 111 cm³/mol. The van der Waals surface area contributed by atoms with Gasteiger partial charge in [0.25, 0.3) is 0 Å². The molecule has 2 aromatic rings. The van der Waals surface area contributed by atoms with E-state index in [-0.39, 0.29) is 16.8 Å². The van der Waals surface area contributed by atoms with Gasteiger partial charge in [-0.2, -0.15) is 0 Å². The number of aryl methyl sites for hydroxylation is 1. The average Bonchev–Trinajstić information content (AvgIpc) is 2.48. The van der Waals surface area contributed by atoms with Gasteiger partial charge in [-0.15, -0.1) is 0 Å². The standard InChI is InChI=1S/C15H10Br5NO2/c1-21-6-10(8-3-2-4-9(16)5-8)12(22)11(7-21)13(23)15(19,20)14(17)18/h2-7,14H,1H3. The first kappa shape index (κ1) is 19.6. The molecule has 0 aliphatic carbocycles. The van der Waals surface area contributed by atoms with Gasteiger partial charge in [0.15, 0.2) is 14.4 Å². The molecule has 0 bridgehead atoms. The summed E-state index contributed by atoms with van der Waals surface area (Å²) in [5.74, 6) is -0.367. The number of aromatic nitrogens is 1. The number of ketones is 1. The van der Waals surface area contributed by atoms with Crippen molar-refractivity contribution in [3.05, 3.63) is 56.9 Å². The van der Waals surface area contributed by atoms with Gasteiger partial charge in [-0.1, -0.05) is 91.8 Å². The number of pyridine rings is 1. The first-order valence-electron chi connectivity index (χ1n) is 6.31. The normalized spacial score (nSPS) is 11.8. The highest BCUT2D eigenvalue weighted by molar-refractivity contribution is 9.30. The zero-order valence-corrected chi connectivity index (χ0v) is 19.6. The Morgan fingerprint density at radius 3 is 2.43 bits per heavy atom. The van der Waals surface area contributed by atoms with Crippen molar-refractivity contribution in [2.45, 2.75) is 6.97 Å². The molecular weight excluding hydrogens is 626 g/mol. The van der Waals surface area contributed by atoms with Crippen LogP contribution in [-0.2, 0) is 7.05 Å². The van der Waals surface area contributed by atoms with E-state index in [4.69, 9.17) is 0 Å². The third-order valence-electron chi connectivity index (χ3n) is 3.11. The van der Waals surface area contributed by atoms with E-state index in [1.165, 1.54) is 6.20 Å². The molecule has 1 aromatic heterocycles. The molecule has 0 radical (unpaired) electrons. The maximum Gasteiger partial charge on any atom is 0.200 e. The van der Waals surface area contributed by atoms with Crippen molar-refractivity contribution in [3.63, 3.8) is 0 Å². The Balaban J connectivity index is 2.65. The van der Waals surface area contributed by atoms with Crippen LogP contribution in [-0.4, -0.2) is 17.3 Å². The number of nitrogens with zero attached hydrogens (tertiary/aromatic N) is 1. The molecule has 122 valence electrons. The first-order valence-corrected chi connectivity index (χ1v) is 10.5. The fourth-order valence-electron chi connectivity index (χ4n) is 2.01. The van der Waals surface area contributed by atoms with E-state index in [2.05, 4.69) is 79.6 Å². The van der Waals surface area contributed by atoms with Crippen LogP contribution in [0.5, 0.6) is 0 Å². The van der Waals surface area contributed by atoms with E-state index in [9.17, 15) is 9.59 Å². The zero-order chi connectivity index (χ0) is 17.4. The molecule has 1 aromatic carbocycles. The second kappa shape index (κ2) is 7.64. The molecule has 0 amide bonds. The molecule has 0 saturated heterocycles. The van der Waals surface area contributed by atoms with Crippen molar-refractivity contribution < 1.29 is 4.79 Å². The van der Waals surface area contributed by atoms with Crippen LogP contribution in [0.1, 0.15) is 10.4 Å². The molecule has 23 heavy (non-hydrogen) atoms. The van der Waals surface area contributed by atoms with Crippen LogP contribution < -0.4 is 5.43 Å². The van der Waals surface area contributed by atoms with E-state index in [0.29, 0.717) is 5.56 Å². The number of hydrogen-bond donors (Lipinski definition) is 0. The Morgan fingerprint density at radius 1 is 1.22 bits per heavy atom. The van der Waals surface area contributed by atoms with Crippen molar-refractivity contribution in [2.75, 3.05) is 0 Å². The third-order valence-corrected chi connectivity index (χ3v) is 9.07. The largest absolute Gasteiger partial charge is 0.356 e. The minimum Gasteiger partial charge on any atom is -0.356 e. The van der Waals surface area contributed by atoms with Gasteiger partial charge in [0, 0.05) is 29.5 Å². The molecule has 0 spiro atoms. The monoisotopic (exact) mass is 631 g/mol. The molecule has 3 nitrogen and oxygen atoms in total. The van der Waals surface area contributed by atoms with Crippen molar-refractivity contribution in [1.29, 1.82) is 0 Å². The molecule has 0 N–H and O–H groups in total. The highest BCUT2D eigenvalue weighted by Crippen LogP contribution is 2.40. The van der Waals surface area contributed by atoms with Crippen LogP contribution in [0.15, 0.2) is 45.9 Å². The van der Waals surface area contributed by atoms with Crippen LogP contribution >= 0.6 is 79.6 Å². The molecule has 0 saturated carbocycles. The van der Waals surface area contributed by atoms with Crippen molar-refractivity contribution in [1.82, 2.24) is 4.57 Å². The number of halogens is 5. The quantitative estimate of drug-likeness (QED) is 0.324. The smallest absolute Gasteiger partial charge is 0.200 e. The SMILES string of the molecule is Cn1cc(C(=O)C(Br)(Br)C(Br)Br)c(=O)c(-c2cccc(Br)c2)c1.